The minimum Gasteiger partial charge on any atom is -0.493 e. The van der Waals surface area contributed by atoms with Crippen molar-refractivity contribution >= 4 is 5.97 Å². The fourth-order valence-corrected chi connectivity index (χ4v) is 3.27. The van der Waals surface area contributed by atoms with E-state index in [2.05, 4.69) is 42.5 Å². The molecule has 1 aliphatic carbocycles. The Hall–Kier alpha value is -3.07. The lowest BCUT2D eigenvalue weighted by Crippen LogP contribution is -2.06. The highest BCUT2D eigenvalue weighted by atomic mass is 16.5. The van der Waals surface area contributed by atoms with Crippen LogP contribution >= 0.6 is 0 Å². The van der Waals surface area contributed by atoms with Gasteiger partial charge in [0, 0.05) is 5.92 Å². The molecule has 0 radical (unpaired) electrons. The second kappa shape index (κ2) is 7.04. The number of aliphatic carboxylic acids is 1. The van der Waals surface area contributed by atoms with Gasteiger partial charge in [0.05, 0.1) is 12.5 Å². The highest BCUT2D eigenvalue weighted by Crippen LogP contribution is 2.39. The van der Waals surface area contributed by atoms with Crippen LogP contribution in [0.25, 0.3) is 22.3 Å². The number of ether oxygens (including phenoxy) is 1. The van der Waals surface area contributed by atoms with Gasteiger partial charge in [0.25, 0.3) is 0 Å². The van der Waals surface area contributed by atoms with Crippen LogP contribution in [0.5, 0.6) is 5.75 Å². The van der Waals surface area contributed by atoms with Crippen LogP contribution in [0.4, 0.5) is 0 Å². The summed E-state index contributed by atoms with van der Waals surface area (Å²) in [6.45, 7) is 0.469. The maximum atomic E-state index is 10.9. The van der Waals surface area contributed by atoms with Crippen LogP contribution in [0.2, 0.25) is 0 Å². The summed E-state index contributed by atoms with van der Waals surface area (Å²) in [4.78, 5) is 10.9. The van der Waals surface area contributed by atoms with E-state index in [-0.39, 0.29) is 11.8 Å². The van der Waals surface area contributed by atoms with Crippen LogP contribution < -0.4 is 4.74 Å². The number of rotatable bonds is 6. The van der Waals surface area contributed by atoms with Crippen molar-refractivity contribution in [3.63, 3.8) is 0 Å². The zero-order valence-electron chi connectivity index (χ0n) is 14.3. The maximum Gasteiger partial charge on any atom is 0.306 e. The lowest BCUT2D eigenvalue weighted by atomic mass is 9.95. The lowest BCUT2D eigenvalue weighted by molar-refractivity contribution is -0.138. The summed E-state index contributed by atoms with van der Waals surface area (Å²) in [6, 6.07) is 26.7. The average Bonchev–Trinajstić information content (AvgIpc) is 3.48. The van der Waals surface area contributed by atoms with E-state index in [4.69, 9.17) is 9.84 Å². The normalized spacial score (nSPS) is 18.3. The molecule has 1 saturated carbocycles. The summed E-state index contributed by atoms with van der Waals surface area (Å²) in [5.41, 5.74) is 4.70. The predicted octanol–water partition coefficient (Wildman–Crippen LogP) is 5.12. The molecule has 3 nitrogen and oxygen atoms in total. The van der Waals surface area contributed by atoms with E-state index in [0.29, 0.717) is 6.61 Å². The Balaban J connectivity index is 1.50. The molecular formula is C23H20O3. The van der Waals surface area contributed by atoms with Crippen LogP contribution in [-0.4, -0.2) is 17.7 Å². The van der Waals surface area contributed by atoms with Crippen LogP contribution in [-0.2, 0) is 4.79 Å². The average molecular weight is 344 g/mol. The molecular weight excluding hydrogens is 324 g/mol. The molecule has 0 heterocycles. The van der Waals surface area contributed by atoms with E-state index in [1.807, 2.05) is 36.4 Å². The van der Waals surface area contributed by atoms with Gasteiger partial charge in [-0.25, -0.2) is 0 Å². The summed E-state index contributed by atoms with van der Waals surface area (Å²) in [6.07, 6.45) is 0.720. The summed E-state index contributed by atoms with van der Waals surface area (Å²) in [7, 11) is 0. The number of carbonyl (C=O) groups is 1. The van der Waals surface area contributed by atoms with Gasteiger partial charge in [-0.15, -0.1) is 0 Å². The first kappa shape index (κ1) is 16.4. The zero-order valence-corrected chi connectivity index (χ0v) is 14.3. The summed E-state index contributed by atoms with van der Waals surface area (Å²) in [5.74, 6) is -0.0218. The fraction of sp³-hybridized carbons (Fsp3) is 0.174. The number of benzene rings is 3. The van der Waals surface area contributed by atoms with Gasteiger partial charge in [0.2, 0.25) is 0 Å². The SMILES string of the molecule is O=C(O)C1CC1COc1ccc(-c2ccccc2-c2ccccc2)cc1. The van der Waals surface area contributed by atoms with Gasteiger partial charge in [-0.2, -0.15) is 0 Å². The Morgan fingerprint density at radius 1 is 0.846 bits per heavy atom. The molecule has 0 aliphatic heterocycles. The molecule has 4 rings (SSSR count). The number of hydrogen-bond acceptors (Lipinski definition) is 2. The molecule has 1 aliphatic rings. The van der Waals surface area contributed by atoms with Crippen molar-refractivity contribution < 1.29 is 14.6 Å². The van der Waals surface area contributed by atoms with Crippen molar-refractivity contribution in [1.82, 2.24) is 0 Å². The monoisotopic (exact) mass is 344 g/mol. The minimum absolute atomic E-state index is 0.144. The molecule has 2 atom stereocenters. The second-order valence-electron chi connectivity index (χ2n) is 6.69. The molecule has 1 N–H and O–H groups in total. The lowest BCUT2D eigenvalue weighted by Gasteiger charge is -2.11. The Labute approximate surface area is 152 Å². The van der Waals surface area contributed by atoms with E-state index in [1.165, 1.54) is 16.7 Å². The van der Waals surface area contributed by atoms with Gasteiger partial charge >= 0.3 is 5.97 Å². The van der Waals surface area contributed by atoms with Crippen molar-refractivity contribution in [1.29, 1.82) is 0 Å². The van der Waals surface area contributed by atoms with E-state index in [1.54, 1.807) is 0 Å². The molecule has 0 spiro atoms. The van der Waals surface area contributed by atoms with Crippen LogP contribution in [0, 0.1) is 11.8 Å². The first-order valence-electron chi connectivity index (χ1n) is 8.83. The van der Waals surface area contributed by atoms with Gasteiger partial charge in [-0.05, 0) is 40.8 Å². The maximum absolute atomic E-state index is 10.9. The van der Waals surface area contributed by atoms with Gasteiger partial charge in [-0.1, -0.05) is 66.7 Å². The Morgan fingerprint density at radius 3 is 2.00 bits per heavy atom. The molecule has 26 heavy (non-hydrogen) atoms. The minimum atomic E-state index is -0.716. The van der Waals surface area contributed by atoms with E-state index < -0.39 is 5.97 Å². The Morgan fingerprint density at radius 2 is 1.42 bits per heavy atom. The quantitative estimate of drug-likeness (QED) is 0.675. The van der Waals surface area contributed by atoms with Crippen LogP contribution in [0.1, 0.15) is 6.42 Å². The highest BCUT2D eigenvalue weighted by Gasteiger charge is 2.43. The number of hydrogen-bond donors (Lipinski definition) is 1. The molecule has 0 aromatic heterocycles. The molecule has 0 amide bonds. The Bertz CT molecular complexity index is 900. The fourth-order valence-electron chi connectivity index (χ4n) is 3.27. The smallest absolute Gasteiger partial charge is 0.306 e. The molecule has 0 saturated heterocycles. The topological polar surface area (TPSA) is 46.5 Å². The van der Waals surface area contributed by atoms with Crippen LogP contribution in [0.15, 0.2) is 78.9 Å². The molecule has 3 aromatic carbocycles. The second-order valence-corrected chi connectivity index (χ2v) is 6.69. The van der Waals surface area contributed by atoms with Crippen molar-refractivity contribution in [3.05, 3.63) is 78.9 Å². The third kappa shape index (κ3) is 3.47. The molecule has 3 aromatic rings. The third-order valence-corrected chi connectivity index (χ3v) is 4.88. The zero-order chi connectivity index (χ0) is 17.9. The van der Waals surface area contributed by atoms with Gasteiger partial charge in [0.1, 0.15) is 5.75 Å². The third-order valence-electron chi connectivity index (χ3n) is 4.88. The van der Waals surface area contributed by atoms with E-state index in [0.717, 1.165) is 17.7 Å². The molecule has 1 fully saturated rings. The van der Waals surface area contributed by atoms with E-state index in [9.17, 15) is 4.79 Å². The number of carboxylic acids is 1. The van der Waals surface area contributed by atoms with Crippen molar-refractivity contribution in [2.45, 2.75) is 6.42 Å². The highest BCUT2D eigenvalue weighted by molar-refractivity contribution is 5.83. The van der Waals surface area contributed by atoms with Gasteiger partial charge in [0.15, 0.2) is 0 Å². The van der Waals surface area contributed by atoms with Crippen molar-refractivity contribution in [2.24, 2.45) is 11.8 Å². The largest absolute Gasteiger partial charge is 0.493 e. The first-order chi connectivity index (χ1) is 12.7. The van der Waals surface area contributed by atoms with Gasteiger partial charge < -0.3 is 9.84 Å². The standard InChI is InChI=1S/C23H20O3/c24-23(25)22-14-18(22)15-26-19-12-10-17(11-13-19)21-9-5-4-8-20(21)16-6-2-1-3-7-16/h1-13,18,22H,14-15H2,(H,24,25). The first-order valence-corrected chi connectivity index (χ1v) is 8.83. The molecule has 3 heteroatoms. The van der Waals surface area contributed by atoms with E-state index >= 15 is 0 Å². The number of carboxylic acid groups (broad SMARTS) is 1. The molecule has 130 valence electrons. The molecule has 0 bridgehead atoms. The van der Waals surface area contributed by atoms with Gasteiger partial charge in [-0.3, -0.25) is 4.79 Å². The molecule has 2 unspecified atom stereocenters. The van der Waals surface area contributed by atoms with Crippen molar-refractivity contribution in [2.75, 3.05) is 6.61 Å². The summed E-state index contributed by atoms with van der Waals surface area (Å²) >= 11 is 0. The summed E-state index contributed by atoms with van der Waals surface area (Å²) in [5, 5.41) is 8.95. The van der Waals surface area contributed by atoms with Crippen molar-refractivity contribution in [3.8, 4) is 28.0 Å². The summed E-state index contributed by atoms with van der Waals surface area (Å²) < 4.78 is 5.75. The Kier molecular flexibility index (Phi) is 4.44. The predicted molar refractivity (Wildman–Crippen MR) is 102 cm³/mol. The van der Waals surface area contributed by atoms with Crippen LogP contribution in [0.3, 0.4) is 0 Å².